The summed E-state index contributed by atoms with van der Waals surface area (Å²) in [5, 5.41) is 8.60. The molecule has 0 bridgehead atoms. The largest absolute Gasteiger partial charge is 0.491 e. The molecule has 0 spiro atoms. The molecule has 0 saturated carbocycles. The van der Waals surface area contributed by atoms with Gasteiger partial charge in [-0.25, -0.2) is 9.18 Å². The number of halogens is 1. The van der Waals surface area contributed by atoms with Crippen molar-refractivity contribution in [3.63, 3.8) is 0 Å². The van der Waals surface area contributed by atoms with Gasteiger partial charge in [0.05, 0.1) is 6.61 Å². The molecule has 3 nitrogen and oxygen atoms in total. The lowest BCUT2D eigenvalue weighted by Crippen LogP contribution is -1.99. The Bertz CT molecular complexity index is 583. The molecule has 0 aromatic heterocycles. The van der Waals surface area contributed by atoms with Gasteiger partial charge in [0.2, 0.25) is 0 Å². The molecule has 0 aliphatic carbocycles. The average Bonchev–Trinajstić information content (AvgIpc) is 2.70. The van der Waals surface area contributed by atoms with Crippen LogP contribution in [0.2, 0.25) is 0 Å². The summed E-state index contributed by atoms with van der Waals surface area (Å²) in [5.41, 5.74) is 0.508. The van der Waals surface area contributed by atoms with Crippen LogP contribution in [0.3, 0.4) is 0 Å². The molecule has 29 heavy (non-hydrogen) atoms. The third-order valence-electron chi connectivity index (χ3n) is 5.13. The van der Waals surface area contributed by atoms with Crippen LogP contribution in [-0.4, -0.2) is 17.7 Å². The first kappa shape index (κ1) is 25.2. The molecule has 1 aromatic rings. The summed E-state index contributed by atoms with van der Waals surface area (Å²) in [6, 6.07) is 4.50. The number of aliphatic carboxylic acids is 1. The highest BCUT2D eigenvalue weighted by molar-refractivity contribution is 5.85. The average molecular weight is 407 g/mol. The van der Waals surface area contributed by atoms with Gasteiger partial charge < -0.3 is 9.84 Å². The molecule has 0 unspecified atom stereocenters. The third-order valence-corrected chi connectivity index (χ3v) is 5.13. The fraction of sp³-hybridized carbons (Fsp3) is 0.640. The van der Waals surface area contributed by atoms with Crippen LogP contribution in [0.25, 0.3) is 6.08 Å². The molecule has 0 atom stereocenters. The number of carbonyl (C=O) groups is 1. The van der Waals surface area contributed by atoms with E-state index in [1.54, 1.807) is 12.1 Å². The summed E-state index contributed by atoms with van der Waals surface area (Å²) in [4.78, 5) is 10.5. The number of unbranched alkanes of at least 4 members (excludes halogenated alkanes) is 13. The second kappa shape index (κ2) is 17.1. The minimum Gasteiger partial charge on any atom is -0.491 e. The number of hydrogen-bond donors (Lipinski definition) is 1. The summed E-state index contributed by atoms with van der Waals surface area (Å²) >= 11 is 0. The van der Waals surface area contributed by atoms with Crippen LogP contribution >= 0.6 is 0 Å². The van der Waals surface area contributed by atoms with Crippen LogP contribution in [0.5, 0.6) is 5.75 Å². The molecule has 0 heterocycles. The van der Waals surface area contributed by atoms with E-state index in [1.807, 2.05) is 0 Å². The minimum absolute atomic E-state index is 0.229. The van der Waals surface area contributed by atoms with Crippen molar-refractivity contribution in [2.24, 2.45) is 0 Å². The molecule has 4 heteroatoms. The zero-order valence-electron chi connectivity index (χ0n) is 18.1. The zero-order chi connectivity index (χ0) is 21.2. The van der Waals surface area contributed by atoms with E-state index in [1.165, 1.54) is 89.2 Å². The minimum atomic E-state index is -1.05. The normalized spacial score (nSPS) is 11.2. The number of rotatable bonds is 18. The molecule has 164 valence electrons. The lowest BCUT2D eigenvalue weighted by molar-refractivity contribution is -0.131. The molecule has 1 aromatic carbocycles. The molecule has 0 aliphatic rings. The predicted molar refractivity (Wildman–Crippen MR) is 119 cm³/mol. The van der Waals surface area contributed by atoms with E-state index in [-0.39, 0.29) is 5.75 Å². The Balaban J connectivity index is 1.96. The summed E-state index contributed by atoms with van der Waals surface area (Å²) in [7, 11) is 0. The van der Waals surface area contributed by atoms with Gasteiger partial charge in [-0.1, -0.05) is 96.5 Å². The maximum Gasteiger partial charge on any atom is 0.328 e. The highest BCUT2D eigenvalue weighted by atomic mass is 19.1. The van der Waals surface area contributed by atoms with E-state index in [0.29, 0.717) is 12.2 Å². The van der Waals surface area contributed by atoms with Gasteiger partial charge in [0, 0.05) is 6.08 Å². The van der Waals surface area contributed by atoms with E-state index in [2.05, 4.69) is 6.92 Å². The third kappa shape index (κ3) is 13.9. The Morgan fingerprint density at radius 1 is 0.897 bits per heavy atom. The standard InChI is InChI=1S/C25H39FO3/c1-2-3-4-5-6-7-8-9-10-11-12-13-14-15-20-29-24-18-16-22(21-23(24)26)17-19-25(27)28/h16-19,21H,2-15,20H2,1H3,(H,27,28)/b19-17+. The molecule has 0 amide bonds. The van der Waals surface area contributed by atoms with Crippen molar-refractivity contribution in [3.05, 3.63) is 35.7 Å². The molecular formula is C25H39FO3. The molecule has 0 aliphatic heterocycles. The van der Waals surface area contributed by atoms with Crippen LogP contribution in [0.1, 0.15) is 102 Å². The lowest BCUT2D eigenvalue weighted by atomic mass is 10.0. The highest BCUT2D eigenvalue weighted by Gasteiger charge is 2.04. The topological polar surface area (TPSA) is 46.5 Å². The van der Waals surface area contributed by atoms with Crippen molar-refractivity contribution in [2.75, 3.05) is 6.61 Å². The first-order chi connectivity index (χ1) is 14.1. The first-order valence-corrected chi connectivity index (χ1v) is 11.5. The Morgan fingerprint density at radius 3 is 1.90 bits per heavy atom. The van der Waals surface area contributed by atoms with E-state index in [9.17, 15) is 9.18 Å². The van der Waals surface area contributed by atoms with E-state index in [4.69, 9.17) is 9.84 Å². The number of carboxylic acids is 1. The quantitative estimate of drug-likeness (QED) is 0.200. The Hall–Kier alpha value is -1.84. The van der Waals surface area contributed by atoms with Gasteiger partial charge in [-0.2, -0.15) is 0 Å². The molecular weight excluding hydrogens is 367 g/mol. The van der Waals surface area contributed by atoms with Crippen LogP contribution in [0.4, 0.5) is 4.39 Å². The number of hydrogen-bond acceptors (Lipinski definition) is 2. The van der Waals surface area contributed by atoms with Crippen molar-refractivity contribution in [1.29, 1.82) is 0 Å². The monoisotopic (exact) mass is 406 g/mol. The summed E-state index contributed by atoms with van der Waals surface area (Å²) in [5.74, 6) is -1.28. The van der Waals surface area contributed by atoms with Crippen LogP contribution in [0.15, 0.2) is 24.3 Å². The number of carboxylic acid groups (broad SMARTS) is 1. The molecule has 0 radical (unpaired) electrons. The van der Waals surface area contributed by atoms with Gasteiger partial charge in [0.15, 0.2) is 11.6 Å². The lowest BCUT2D eigenvalue weighted by Gasteiger charge is -2.08. The Morgan fingerprint density at radius 2 is 1.41 bits per heavy atom. The smallest absolute Gasteiger partial charge is 0.328 e. The van der Waals surface area contributed by atoms with Gasteiger partial charge in [-0.3, -0.25) is 0 Å². The van der Waals surface area contributed by atoms with Crippen molar-refractivity contribution >= 4 is 12.0 Å². The fourth-order valence-corrected chi connectivity index (χ4v) is 3.38. The second-order valence-corrected chi connectivity index (χ2v) is 7.81. The Kier molecular flexibility index (Phi) is 14.8. The highest BCUT2D eigenvalue weighted by Crippen LogP contribution is 2.20. The maximum absolute atomic E-state index is 13.9. The summed E-state index contributed by atoms with van der Waals surface area (Å²) in [6.45, 7) is 2.77. The number of ether oxygens (including phenoxy) is 1. The van der Waals surface area contributed by atoms with Crippen LogP contribution in [-0.2, 0) is 4.79 Å². The van der Waals surface area contributed by atoms with Gasteiger partial charge in [0.1, 0.15) is 0 Å². The molecule has 1 N–H and O–H groups in total. The van der Waals surface area contributed by atoms with Crippen LogP contribution in [0, 0.1) is 5.82 Å². The second-order valence-electron chi connectivity index (χ2n) is 7.81. The van der Waals surface area contributed by atoms with Gasteiger partial charge in [-0.05, 0) is 30.2 Å². The fourth-order valence-electron chi connectivity index (χ4n) is 3.38. The van der Waals surface area contributed by atoms with Crippen molar-refractivity contribution in [2.45, 2.75) is 96.8 Å². The summed E-state index contributed by atoms with van der Waals surface area (Å²) in [6.07, 6.45) is 20.6. The van der Waals surface area contributed by atoms with Gasteiger partial charge >= 0.3 is 5.97 Å². The van der Waals surface area contributed by atoms with E-state index in [0.717, 1.165) is 18.9 Å². The molecule has 0 saturated heterocycles. The number of benzene rings is 1. The molecule has 1 rings (SSSR count). The molecule has 0 fully saturated rings. The van der Waals surface area contributed by atoms with Crippen molar-refractivity contribution in [3.8, 4) is 5.75 Å². The van der Waals surface area contributed by atoms with Crippen molar-refractivity contribution < 1.29 is 19.0 Å². The van der Waals surface area contributed by atoms with E-state index >= 15 is 0 Å². The van der Waals surface area contributed by atoms with Gasteiger partial charge in [0.25, 0.3) is 0 Å². The predicted octanol–water partition coefficient (Wildman–Crippen LogP) is 7.78. The van der Waals surface area contributed by atoms with Crippen LogP contribution < -0.4 is 4.74 Å². The SMILES string of the molecule is CCCCCCCCCCCCCCCCOc1ccc(/C=C/C(=O)O)cc1F. The van der Waals surface area contributed by atoms with Gasteiger partial charge in [-0.15, -0.1) is 0 Å². The zero-order valence-corrected chi connectivity index (χ0v) is 18.1. The van der Waals surface area contributed by atoms with E-state index < -0.39 is 11.8 Å². The maximum atomic E-state index is 13.9. The summed E-state index contributed by atoms with van der Waals surface area (Å²) < 4.78 is 19.5. The Labute approximate surface area is 176 Å². The first-order valence-electron chi connectivity index (χ1n) is 11.5. The van der Waals surface area contributed by atoms with Crippen molar-refractivity contribution in [1.82, 2.24) is 0 Å².